The van der Waals surface area contributed by atoms with E-state index in [0.717, 1.165) is 27.7 Å². The fourth-order valence-electron chi connectivity index (χ4n) is 15.2. The van der Waals surface area contributed by atoms with Crippen molar-refractivity contribution in [1.29, 1.82) is 0 Å². The van der Waals surface area contributed by atoms with E-state index in [1.807, 2.05) is 0 Å². The lowest BCUT2D eigenvalue weighted by molar-refractivity contribution is -0.398. The smallest absolute Gasteiger partial charge is 0.219 e. The van der Waals surface area contributed by atoms with Crippen molar-refractivity contribution in [3.05, 3.63) is 0 Å². The lowest BCUT2D eigenvalue weighted by Crippen LogP contribution is -2.72. The Labute approximate surface area is 673 Å². The van der Waals surface area contributed by atoms with E-state index in [1.165, 1.54) is 0 Å². The minimum absolute atomic E-state index is 0.258. The van der Waals surface area contributed by atoms with Gasteiger partial charge in [0.1, 0.15) is 226 Å². The van der Waals surface area contributed by atoms with Crippen molar-refractivity contribution in [3.63, 3.8) is 0 Å². The molecule has 9 saturated heterocycles. The Hall–Kier alpha value is -4.66. The van der Waals surface area contributed by atoms with E-state index in [2.05, 4.69) is 26.6 Å². The van der Waals surface area contributed by atoms with Crippen LogP contribution in [0.5, 0.6) is 0 Å². The summed E-state index contributed by atoms with van der Waals surface area (Å²) in [6.07, 6.45) is -86.2. The zero-order valence-corrected chi connectivity index (χ0v) is 63.9. The van der Waals surface area contributed by atoms with Gasteiger partial charge in [0.25, 0.3) is 0 Å². The standard InChI is InChI=1S/C66H110N6O47/c1-16(82)68-31-40(92)51(25(11-78)104-58(31)72-20(6-73)5-30(67)86)113-59-32(69-17(2)83)41(93)54(28(14-81)109-59)116-64-50(102)55(117-66-57(47(99)38(90)24(10-77)108-66)119-61-34(71-19(4)85)43(95)53(27(13-80)111-61)115-63-49(101)45(97)36(88)22(8-75)106-63)39(91)29(112-64)15-103-65-56(46(98)37(89)23(9-76)107-65)118-60-33(70-18(3)84)42(94)52(26(12-79)110-60)114-62-48(100)44(96)35(87)21(7-74)105-62/h6,20-29,31-66,72,74-81,87-102H,5,7-15H2,1-4H3,(H2,67,86)(H,68,82)(H,69,83)(H,70,84)(H,71,85)/t20-,21?,22?,23?,24?,25?,26+,27?,28?,29?,31?,32?,33?,34?,35+,36+,37-,38-,39-,40-,41-,42?,43-,44+,45+,46+,47?,48?,49?,50?,51-,52-,53-,54-,55+,56?,57?,58+,59+,60+,61+,62+,63+,64+,65+,66-/m1/s1. The van der Waals surface area contributed by atoms with Gasteiger partial charge in [0.15, 0.2) is 50.3 Å². The Kier molecular flexibility index (Phi) is 35.9. The minimum Gasteiger partial charge on any atom is -0.394 e. The third kappa shape index (κ3) is 22.4. The van der Waals surface area contributed by atoms with Crippen LogP contribution in [0.4, 0.5) is 0 Å². The van der Waals surface area contributed by atoms with E-state index in [4.69, 9.17) is 86.3 Å². The molecule has 9 heterocycles. The van der Waals surface area contributed by atoms with Crippen LogP contribution in [0.15, 0.2) is 0 Å². The number of carbonyl (C=O) groups excluding carboxylic acids is 6. The lowest BCUT2D eigenvalue weighted by atomic mass is 9.93. The topological polar surface area (TPSA) is 831 Å². The van der Waals surface area contributed by atoms with Gasteiger partial charge in [-0.1, -0.05) is 0 Å². The van der Waals surface area contributed by atoms with Crippen LogP contribution in [0.1, 0.15) is 34.1 Å². The van der Waals surface area contributed by atoms with E-state index in [-0.39, 0.29) is 6.29 Å². The summed E-state index contributed by atoms with van der Waals surface area (Å²) in [7, 11) is 0. The molecule has 0 spiro atoms. The predicted molar refractivity (Wildman–Crippen MR) is 368 cm³/mol. The maximum Gasteiger partial charge on any atom is 0.219 e. The Morgan fingerprint density at radius 2 is 0.580 bits per heavy atom. The second kappa shape index (κ2) is 43.5. The average Bonchev–Trinajstić information content (AvgIpc) is 0.769. The predicted octanol–water partition coefficient (Wildman–Crippen LogP) is -21.0. The van der Waals surface area contributed by atoms with Gasteiger partial charge in [0.2, 0.25) is 29.5 Å². The van der Waals surface area contributed by atoms with E-state index in [9.17, 15) is 151 Å². The van der Waals surface area contributed by atoms with E-state index in [0.29, 0.717) is 0 Å². The van der Waals surface area contributed by atoms with Crippen molar-refractivity contribution >= 4 is 35.8 Å². The monoisotopic (exact) mass is 1740 g/mol. The third-order valence-corrected chi connectivity index (χ3v) is 21.4. The van der Waals surface area contributed by atoms with Gasteiger partial charge in [-0.05, 0) is 0 Å². The molecule has 0 aromatic carbocycles. The summed E-state index contributed by atoms with van der Waals surface area (Å²) in [4.78, 5) is 75.5. The molecule has 53 nitrogen and oxygen atoms in total. The molecule has 0 aliphatic carbocycles. The van der Waals surface area contributed by atoms with Crippen LogP contribution in [0.2, 0.25) is 0 Å². The molecule has 0 aromatic rings. The quantitative estimate of drug-likeness (QED) is 0.0266. The van der Waals surface area contributed by atoms with Crippen molar-refractivity contribution in [2.45, 2.75) is 316 Å². The lowest BCUT2D eigenvalue weighted by Gasteiger charge is -2.51. The van der Waals surface area contributed by atoms with Crippen LogP contribution in [-0.4, -0.2) is 500 Å². The number of amides is 5. The molecule has 9 aliphatic rings. The highest BCUT2D eigenvalue weighted by atomic mass is 16.8. The Bertz CT molecular complexity index is 3230. The van der Waals surface area contributed by atoms with Gasteiger partial charge in [-0.15, -0.1) is 0 Å². The SMILES string of the molecule is CC(=O)NC1C(O)[C@H](O[C@@H]2OC(CO)[C@H](O)[C@H](O)C2O)[C@H](CO)O[C@H]1OC1[C@@H](OCC2O[C@@H](O[C@@H]3C(CO)O[C@@H](O[C@@H]4C(CO)O[C@H](N[C@@H](C=O)CC(N)=O)C(NC(C)=O)[C@H]4O)C(NC(C)=O)[C@H]3O)C(O)[C@@H](O[C@H]3OC(CO)[C@@H](O)C(O)C3O[C@@H]3OC(CO)[C@@H](O[C@@H]4OC(CO)[C@H](O)[C@H](O)C4O)[C@H](O)C3NC(C)=O)[C@@H]2O)OC(CO)[C@@H](O)[C@@H]1O. The number of aliphatic hydroxyl groups excluding tert-OH is 24. The van der Waals surface area contributed by atoms with Crippen molar-refractivity contribution in [3.8, 4) is 0 Å². The molecule has 0 aromatic heterocycles. The van der Waals surface area contributed by atoms with Crippen LogP contribution in [-0.2, 0) is 109 Å². The van der Waals surface area contributed by atoms with Crippen LogP contribution >= 0.6 is 0 Å². The first-order valence-corrected chi connectivity index (χ1v) is 37.8. The Morgan fingerprint density at radius 3 is 0.933 bits per heavy atom. The maximum absolute atomic E-state index is 13.2. The maximum atomic E-state index is 13.2. The van der Waals surface area contributed by atoms with Crippen LogP contribution in [0.3, 0.4) is 0 Å². The fraction of sp³-hybridized carbons (Fsp3) is 0.909. The number of rotatable bonds is 34. The van der Waals surface area contributed by atoms with Crippen molar-refractivity contribution < 1.29 is 232 Å². The molecule has 19 unspecified atom stereocenters. The summed E-state index contributed by atoms with van der Waals surface area (Å²) < 4.78 is 102. The van der Waals surface area contributed by atoms with Gasteiger partial charge in [0.05, 0.1) is 71.5 Å². The Morgan fingerprint density at radius 1 is 0.303 bits per heavy atom. The number of aldehydes is 1. The second-order valence-electron chi connectivity index (χ2n) is 29.8. The molecule has 686 valence electrons. The minimum atomic E-state index is -2.61. The summed E-state index contributed by atoms with van der Waals surface area (Å²) in [6, 6.07) is -8.90. The molecule has 53 heteroatoms. The van der Waals surface area contributed by atoms with Gasteiger partial charge in [-0.2, -0.15) is 0 Å². The highest BCUT2D eigenvalue weighted by Crippen LogP contribution is 2.40. The first kappa shape index (κ1) is 98.1. The molecule has 31 N–H and O–H groups in total. The molecule has 0 bridgehead atoms. The molecule has 5 amide bonds. The van der Waals surface area contributed by atoms with Gasteiger partial charge in [0, 0.05) is 34.1 Å². The highest BCUT2D eigenvalue weighted by Gasteiger charge is 2.61. The van der Waals surface area contributed by atoms with Crippen molar-refractivity contribution in [2.75, 3.05) is 59.5 Å². The van der Waals surface area contributed by atoms with Gasteiger partial charge < -0.3 is 235 Å². The zero-order chi connectivity index (χ0) is 87.8. The van der Waals surface area contributed by atoms with Crippen LogP contribution < -0.4 is 32.3 Å². The number of carbonyl (C=O) groups is 6. The molecule has 9 aliphatic heterocycles. The molecular weight excluding hydrogens is 1630 g/mol. The van der Waals surface area contributed by atoms with Crippen LogP contribution in [0, 0.1) is 0 Å². The summed E-state index contributed by atoms with van der Waals surface area (Å²) >= 11 is 0. The second-order valence-corrected chi connectivity index (χ2v) is 29.8. The fourth-order valence-corrected chi connectivity index (χ4v) is 15.2. The summed E-state index contributed by atoms with van der Waals surface area (Å²) in [5, 5.41) is 280. The molecule has 9 rings (SSSR count). The molecule has 46 atom stereocenters. The summed E-state index contributed by atoms with van der Waals surface area (Å²) in [6.45, 7) is -6.25. The number of aliphatic hydroxyl groups is 24. The Balaban J connectivity index is 1.06. The average molecular weight is 1740 g/mol. The molecule has 9 fully saturated rings. The summed E-state index contributed by atoms with van der Waals surface area (Å²) in [5.41, 5.74) is 5.30. The molecule has 0 saturated carbocycles. The number of nitrogens with two attached hydrogens (primary N) is 1. The van der Waals surface area contributed by atoms with E-state index in [1.54, 1.807) is 0 Å². The number of ether oxygens (including phenoxy) is 17. The first-order chi connectivity index (χ1) is 56.3. The zero-order valence-electron chi connectivity index (χ0n) is 63.9. The molecule has 0 radical (unpaired) electrons. The highest BCUT2D eigenvalue weighted by molar-refractivity contribution is 5.79. The number of hydrogen-bond acceptors (Lipinski definition) is 48. The number of primary amides is 1. The van der Waals surface area contributed by atoms with Crippen molar-refractivity contribution in [1.82, 2.24) is 26.6 Å². The molecular formula is C66H110N6O47. The third-order valence-electron chi connectivity index (χ3n) is 21.4. The van der Waals surface area contributed by atoms with Gasteiger partial charge in [-0.25, -0.2) is 0 Å². The first-order valence-electron chi connectivity index (χ1n) is 37.8. The number of hydrogen-bond donors (Lipinski definition) is 30. The van der Waals surface area contributed by atoms with Gasteiger partial charge >= 0.3 is 0 Å². The van der Waals surface area contributed by atoms with E-state index < -0.39 is 378 Å². The summed E-state index contributed by atoms with van der Waals surface area (Å²) in [5.74, 6) is -4.68. The van der Waals surface area contributed by atoms with Crippen LogP contribution in [0.25, 0.3) is 0 Å². The van der Waals surface area contributed by atoms with Gasteiger partial charge in [-0.3, -0.25) is 29.3 Å². The van der Waals surface area contributed by atoms with E-state index >= 15 is 0 Å². The largest absolute Gasteiger partial charge is 0.394 e. The number of nitrogens with one attached hydrogen (secondary N) is 5. The normalized spacial score (nSPS) is 46.9. The molecule has 119 heavy (non-hydrogen) atoms. The van der Waals surface area contributed by atoms with Crippen molar-refractivity contribution in [2.24, 2.45) is 5.73 Å².